The van der Waals surface area contributed by atoms with Crippen molar-refractivity contribution in [1.29, 1.82) is 0 Å². The predicted octanol–water partition coefficient (Wildman–Crippen LogP) is -0.651. The Morgan fingerprint density at radius 1 is 1.86 bits per heavy atom. The van der Waals surface area contributed by atoms with Gasteiger partial charge in [0.05, 0.1) is 13.6 Å². The van der Waals surface area contributed by atoms with E-state index < -0.39 is 0 Å². The summed E-state index contributed by atoms with van der Waals surface area (Å²) in [6.45, 7) is 1.83. The average molecular weight is 100 g/mol. The van der Waals surface area contributed by atoms with E-state index in [9.17, 15) is 0 Å². The Morgan fingerprint density at radius 3 is 2.71 bits per heavy atom. The lowest BCUT2D eigenvalue weighted by Crippen LogP contribution is -2.47. The molecular formula is C4H10N3+. The van der Waals surface area contributed by atoms with Crippen molar-refractivity contribution < 1.29 is 4.59 Å². The van der Waals surface area contributed by atoms with Crippen molar-refractivity contribution in [2.45, 2.75) is 0 Å². The van der Waals surface area contributed by atoms with Gasteiger partial charge in [-0.25, -0.2) is 9.58 Å². The molecule has 0 fully saturated rings. The minimum atomic E-state index is 0.458. The Hall–Kier alpha value is -0.410. The summed E-state index contributed by atoms with van der Waals surface area (Å²) in [5.41, 5.74) is 0. The summed E-state index contributed by atoms with van der Waals surface area (Å²) in [6, 6.07) is 0. The maximum Gasteiger partial charge on any atom is 0.204 e. The summed E-state index contributed by atoms with van der Waals surface area (Å²) < 4.78 is 0.458. The molecule has 1 rings (SSSR count). The first-order valence-corrected chi connectivity index (χ1v) is 2.35. The molecule has 40 valence electrons. The highest BCUT2D eigenvalue weighted by atomic mass is 15.6. The third-order valence-electron chi connectivity index (χ3n) is 1.06. The first kappa shape index (κ1) is 4.74. The SMILES string of the molecule is C[N+]1(N)C=NCC1. The number of hydrogen-bond donors (Lipinski definition) is 1. The third kappa shape index (κ3) is 0.976. The Balaban J connectivity index is 2.57. The topological polar surface area (TPSA) is 38.4 Å². The van der Waals surface area contributed by atoms with Gasteiger partial charge in [0.25, 0.3) is 0 Å². The van der Waals surface area contributed by atoms with Crippen molar-refractivity contribution in [1.82, 2.24) is 0 Å². The molecule has 1 aliphatic heterocycles. The zero-order chi connectivity index (χ0) is 5.33. The zero-order valence-electron chi connectivity index (χ0n) is 4.46. The fourth-order valence-electron chi connectivity index (χ4n) is 0.575. The second-order valence-corrected chi connectivity index (χ2v) is 2.09. The van der Waals surface area contributed by atoms with Gasteiger partial charge in [-0.2, -0.15) is 5.84 Å². The molecule has 0 aromatic heterocycles. The summed E-state index contributed by atoms with van der Waals surface area (Å²) in [6.07, 6.45) is 1.76. The molecule has 3 nitrogen and oxygen atoms in total. The van der Waals surface area contributed by atoms with E-state index in [0.29, 0.717) is 4.59 Å². The molecule has 0 saturated carbocycles. The van der Waals surface area contributed by atoms with Gasteiger partial charge in [0.1, 0.15) is 6.54 Å². The number of rotatable bonds is 0. The minimum absolute atomic E-state index is 0.458. The van der Waals surface area contributed by atoms with Gasteiger partial charge in [0, 0.05) is 0 Å². The molecule has 0 aliphatic carbocycles. The normalized spacial score (nSPS) is 39.7. The molecule has 2 N–H and O–H groups in total. The van der Waals surface area contributed by atoms with Crippen LogP contribution in [0.1, 0.15) is 0 Å². The first-order chi connectivity index (χ1) is 3.21. The molecule has 0 spiro atoms. The largest absolute Gasteiger partial charge is 0.234 e. The zero-order valence-corrected chi connectivity index (χ0v) is 4.46. The Labute approximate surface area is 43.0 Å². The van der Waals surface area contributed by atoms with Gasteiger partial charge >= 0.3 is 0 Å². The minimum Gasteiger partial charge on any atom is -0.234 e. The first-order valence-electron chi connectivity index (χ1n) is 2.35. The van der Waals surface area contributed by atoms with Crippen LogP contribution in [0, 0.1) is 0 Å². The van der Waals surface area contributed by atoms with Crippen LogP contribution in [-0.2, 0) is 0 Å². The van der Waals surface area contributed by atoms with Crippen molar-refractivity contribution in [2.24, 2.45) is 10.8 Å². The molecule has 0 amide bonds. The Morgan fingerprint density at radius 2 is 2.57 bits per heavy atom. The lowest BCUT2D eigenvalue weighted by molar-refractivity contribution is -0.819. The van der Waals surface area contributed by atoms with Gasteiger partial charge in [-0.15, -0.1) is 0 Å². The van der Waals surface area contributed by atoms with Crippen LogP contribution < -0.4 is 5.84 Å². The molecule has 0 aromatic carbocycles. The number of hydrogen-bond acceptors (Lipinski definition) is 2. The van der Waals surface area contributed by atoms with E-state index in [1.54, 1.807) is 6.34 Å². The number of aliphatic imine (C=N–C) groups is 1. The molecule has 0 aromatic rings. The lowest BCUT2D eigenvalue weighted by Gasteiger charge is -2.14. The highest BCUT2D eigenvalue weighted by Gasteiger charge is 2.16. The quantitative estimate of drug-likeness (QED) is 0.319. The molecule has 7 heavy (non-hydrogen) atoms. The number of quaternary nitrogens is 1. The molecule has 1 unspecified atom stereocenters. The molecule has 3 heteroatoms. The summed E-state index contributed by atoms with van der Waals surface area (Å²) in [5.74, 6) is 5.57. The Kier molecular flexibility index (Phi) is 0.867. The highest BCUT2D eigenvalue weighted by Crippen LogP contribution is 1.93. The van der Waals surface area contributed by atoms with Crippen LogP contribution in [0.3, 0.4) is 0 Å². The van der Waals surface area contributed by atoms with Crippen molar-refractivity contribution in [3.05, 3.63) is 0 Å². The van der Waals surface area contributed by atoms with Gasteiger partial charge in [-0.3, -0.25) is 0 Å². The molecule has 0 radical (unpaired) electrons. The monoisotopic (exact) mass is 100 g/mol. The van der Waals surface area contributed by atoms with Gasteiger partial charge in [0.15, 0.2) is 0 Å². The van der Waals surface area contributed by atoms with Crippen LogP contribution in [0.15, 0.2) is 4.99 Å². The van der Waals surface area contributed by atoms with Crippen LogP contribution >= 0.6 is 0 Å². The van der Waals surface area contributed by atoms with E-state index in [2.05, 4.69) is 4.99 Å². The van der Waals surface area contributed by atoms with Crippen LogP contribution in [-0.4, -0.2) is 31.1 Å². The molecule has 1 atom stereocenters. The smallest absolute Gasteiger partial charge is 0.204 e. The molecule has 0 saturated heterocycles. The van der Waals surface area contributed by atoms with Crippen molar-refractivity contribution in [3.63, 3.8) is 0 Å². The number of nitrogens with zero attached hydrogens (tertiary/aromatic N) is 2. The summed E-state index contributed by atoms with van der Waals surface area (Å²) >= 11 is 0. The van der Waals surface area contributed by atoms with Crippen molar-refractivity contribution in [2.75, 3.05) is 20.1 Å². The van der Waals surface area contributed by atoms with Crippen molar-refractivity contribution >= 4 is 6.34 Å². The molecule has 0 bridgehead atoms. The maximum atomic E-state index is 5.57. The second kappa shape index (κ2) is 1.28. The van der Waals surface area contributed by atoms with Crippen LogP contribution in [0.4, 0.5) is 0 Å². The van der Waals surface area contributed by atoms with E-state index in [4.69, 9.17) is 5.84 Å². The second-order valence-electron chi connectivity index (χ2n) is 2.09. The van der Waals surface area contributed by atoms with Crippen LogP contribution in [0.25, 0.3) is 0 Å². The number of likely N-dealkylation sites (N-methyl/N-ethyl adjacent to an activating group) is 1. The standard InChI is InChI=1S/C4H10N3/c1-7(5)3-2-6-4-7/h4H,2-3,5H2,1H3/q+1. The van der Waals surface area contributed by atoms with Gasteiger partial charge in [-0.05, 0) is 0 Å². The van der Waals surface area contributed by atoms with E-state index in [1.165, 1.54) is 0 Å². The Bertz CT molecular complexity index is 95.1. The van der Waals surface area contributed by atoms with E-state index in [1.807, 2.05) is 7.05 Å². The van der Waals surface area contributed by atoms with E-state index >= 15 is 0 Å². The predicted molar refractivity (Wildman–Crippen MR) is 28.6 cm³/mol. The maximum absolute atomic E-state index is 5.57. The third-order valence-corrected chi connectivity index (χ3v) is 1.06. The fraction of sp³-hybridized carbons (Fsp3) is 0.750. The highest BCUT2D eigenvalue weighted by molar-refractivity contribution is 5.47. The van der Waals surface area contributed by atoms with E-state index in [0.717, 1.165) is 13.1 Å². The van der Waals surface area contributed by atoms with E-state index in [-0.39, 0.29) is 0 Å². The van der Waals surface area contributed by atoms with Gasteiger partial charge in [-0.1, -0.05) is 0 Å². The van der Waals surface area contributed by atoms with Gasteiger partial charge in [0.2, 0.25) is 6.34 Å². The van der Waals surface area contributed by atoms with Crippen molar-refractivity contribution in [3.8, 4) is 0 Å². The summed E-state index contributed by atoms with van der Waals surface area (Å²) in [7, 11) is 1.93. The lowest BCUT2D eigenvalue weighted by atomic mass is 10.6. The fourth-order valence-corrected chi connectivity index (χ4v) is 0.575. The summed E-state index contributed by atoms with van der Waals surface area (Å²) in [4.78, 5) is 3.96. The van der Waals surface area contributed by atoms with Gasteiger partial charge < -0.3 is 0 Å². The van der Waals surface area contributed by atoms with Crippen LogP contribution in [0.2, 0.25) is 0 Å². The van der Waals surface area contributed by atoms with Crippen LogP contribution in [0.5, 0.6) is 0 Å². The number of nitrogens with two attached hydrogens (primary N) is 1. The molecule has 1 heterocycles. The molecular weight excluding hydrogens is 90.1 g/mol. The molecule has 1 aliphatic rings. The average Bonchev–Trinajstić information content (AvgIpc) is 1.84. The summed E-state index contributed by atoms with van der Waals surface area (Å²) in [5, 5.41) is 0.